The number of hydrogen-bond donors (Lipinski definition) is 2. The minimum atomic E-state index is 0.471. The summed E-state index contributed by atoms with van der Waals surface area (Å²) in [6.07, 6.45) is 0. The van der Waals surface area contributed by atoms with Crippen LogP contribution in [0.5, 0.6) is 5.75 Å². The quantitative estimate of drug-likeness (QED) is 0.791. The first-order chi connectivity index (χ1) is 7.68. The highest BCUT2D eigenvalue weighted by Gasteiger charge is 2.13. The predicted octanol–water partition coefficient (Wildman–Crippen LogP) is 1.41. The van der Waals surface area contributed by atoms with Gasteiger partial charge in [0.05, 0.1) is 0 Å². The van der Waals surface area contributed by atoms with Gasteiger partial charge in [-0.15, -0.1) is 0 Å². The molecule has 0 atom stereocenters. The van der Waals surface area contributed by atoms with Crippen molar-refractivity contribution >= 4 is 0 Å². The molecule has 1 aromatic rings. The van der Waals surface area contributed by atoms with Gasteiger partial charge in [-0.1, -0.05) is 12.1 Å². The predicted molar refractivity (Wildman–Crippen MR) is 65.7 cm³/mol. The maximum atomic E-state index is 10.1. The summed E-state index contributed by atoms with van der Waals surface area (Å²) >= 11 is 0. The fourth-order valence-electron chi connectivity index (χ4n) is 2.09. The van der Waals surface area contributed by atoms with E-state index in [1.807, 2.05) is 19.9 Å². The molecule has 0 aromatic heterocycles. The number of nitrogens with zero attached hydrogens (tertiary/aromatic N) is 1. The van der Waals surface area contributed by atoms with Crippen LogP contribution in [-0.4, -0.2) is 36.2 Å². The molecule has 1 aliphatic rings. The maximum absolute atomic E-state index is 10.1. The number of phenols is 1. The number of phenolic OH excluding ortho intramolecular Hbond substituents is 1. The minimum Gasteiger partial charge on any atom is -0.507 e. The molecule has 0 radical (unpaired) electrons. The molecule has 2 N–H and O–H groups in total. The summed E-state index contributed by atoms with van der Waals surface area (Å²) in [7, 11) is 0. The topological polar surface area (TPSA) is 35.5 Å². The lowest BCUT2D eigenvalue weighted by Gasteiger charge is -2.27. The minimum absolute atomic E-state index is 0.471. The highest BCUT2D eigenvalue weighted by molar-refractivity contribution is 5.44. The molecule has 0 spiro atoms. The monoisotopic (exact) mass is 220 g/mol. The van der Waals surface area contributed by atoms with Crippen LogP contribution in [0.15, 0.2) is 12.1 Å². The van der Waals surface area contributed by atoms with Gasteiger partial charge in [0.15, 0.2) is 0 Å². The summed E-state index contributed by atoms with van der Waals surface area (Å²) in [5.74, 6) is 0.471. The Kier molecular flexibility index (Phi) is 3.46. The molecule has 0 saturated carbocycles. The SMILES string of the molecule is Cc1ccc(CN2CCNCC2)c(O)c1C. The fraction of sp³-hybridized carbons (Fsp3) is 0.538. The van der Waals surface area contributed by atoms with Gasteiger partial charge in [-0.3, -0.25) is 4.90 Å². The first kappa shape index (κ1) is 11.4. The molecule has 2 rings (SSSR count). The van der Waals surface area contributed by atoms with Crippen LogP contribution in [0.1, 0.15) is 16.7 Å². The number of hydrogen-bond acceptors (Lipinski definition) is 3. The smallest absolute Gasteiger partial charge is 0.123 e. The second kappa shape index (κ2) is 4.85. The molecule has 1 fully saturated rings. The Labute approximate surface area is 97.1 Å². The summed E-state index contributed by atoms with van der Waals surface area (Å²) in [5, 5.41) is 13.4. The van der Waals surface area contributed by atoms with Crippen molar-refractivity contribution in [2.24, 2.45) is 0 Å². The number of benzene rings is 1. The molecule has 0 aliphatic carbocycles. The van der Waals surface area contributed by atoms with E-state index in [-0.39, 0.29) is 0 Å². The highest BCUT2D eigenvalue weighted by Crippen LogP contribution is 2.25. The van der Waals surface area contributed by atoms with Crippen molar-refractivity contribution in [1.29, 1.82) is 0 Å². The van der Waals surface area contributed by atoms with E-state index in [2.05, 4.69) is 16.3 Å². The molecule has 3 heteroatoms. The average molecular weight is 220 g/mol. The van der Waals surface area contributed by atoms with Crippen molar-refractivity contribution < 1.29 is 5.11 Å². The largest absolute Gasteiger partial charge is 0.507 e. The van der Waals surface area contributed by atoms with E-state index in [4.69, 9.17) is 0 Å². The van der Waals surface area contributed by atoms with E-state index in [9.17, 15) is 5.11 Å². The molecule has 3 nitrogen and oxygen atoms in total. The summed E-state index contributed by atoms with van der Waals surface area (Å²) < 4.78 is 0. The summed E-state index contributed by atoms with van der Waals surface area (Å²) in [5.41, 5.74) is 3.21. The van der Waals surface area contributed by atoms with Crippen LogP contribution in [0.25, 0.3) is 0 Å². The van der Waals surface area contributed by atoms with Gasteiger partial charge in [-0.25, -0.2) is 0 Å². The van der Waals surface area contributed by atoms with E-state index in [1.165, 1.54) is 0 Å². The van der Waals surface area contributed by atoms with Crippen molar-refractivity contribution in [3.8, 4) is 5.75 Å². The lowest BCUT2D eigenvalue weighted by molar-refractivity contribution is 0.230. The maximum Gasteiger partial charge on any atom is 0.123 e. The van der Waals surface area contributed by atoms with Crippen molar-refractivity contribution in [3.05, 3.63) is 28.8 Å². The third kappa shape index (κ3) is 2.36. The molecule has 0 amide bonds. The molecule has 1 saturated heterocycles. The number of aromatic hydroxyl groups is 1. The third-order valence-electron chi connectivity index (χ3n) is 3.39. The molecule has 0 unspecified atom stereocenters. The summed E-state index contributed by atoms with van der Waals surface area (Å²) in [6.45, 7) is 9.08. The van der Waals surface area contributed by atoms with Gasteiger partial charge in [0.1, 0.15) is 5.75 Å². The van der Waals surface area contributed by atoms with Crippen molar-refractivity contribution in [3.63, 3.8) is 0 Å². The molecule has 1 heterocycles. The normalized spacial score (nSPS) is 17.6. The average Bonchev–Trinajstić information content (AvgIpc) is 2.31. The number of piperazine rings is 1. The van der Waals surface area contributed by atoms with Crippen LogP contribution in [0.2, 0.25) is 0 Å². The van der Waals surface area contributed by atoms with E-state index in [0.717, 1.165) is 49.4 Å². The zero-order valence-corrected chi connectivity index (χ0v) is 10.1. The number of nitrogens with one attached hydrogen (secondary N) is 1. The van der Waals surface area contributed by atoms with Gasteiger partial charge in [0.25, 0.3) is 0 Å². The van der Waals surface area contributed by atoms with Crippen molar-refractivity contribution in [2.45, 2.75) is 20.4 Å². The van der Waals surface area contributed by atoms with Crippen LogP contribution in [0, 0.1) is 13.8 Å². The number of aryl methyl sites for hydroxylation is 1. The Bertz CT molecular complexity index is 370. The van der Waals surface area contributed by atoms with Crippen molar-refractivity contribution in [1.82, 2.24) is 10.2 Å². The lowest BCUT2D eigenvalue weighted by Crippen LogP contribution is -2.42. The molecule has 88 valence electrons. The van der Waals surface area contributed by atoms with Crippen LogP contribution < -0.4 is 5.32 Å². The Morgan fingerprint density at radius 3 is 2.62 bits per heavy atom. The van der Waals surface area contributed by atoms with E-state index < -0.39 is 0 Å². The van der Waals surface area contributed by atoms with E-state index >= 15 is 0 Å². The molecule has 16 heavy (non-hydrogen) atoms. The van der Waals surface area contributed by atoms with Crippen LogP contribution in [0.3, 0.4) is 0 Å². The molecular weight excluding hydrogens is 200 g/mol. The Balaban J connectivity index is 2.11. The Hall–Kier alpha value is -1.06. The Morgan fingerprint density at radius 1 is 1.25 bits per heavy atom. The van der Waals surface area contributed by atoms with Gasteiger partial charge < -0.3 is 10.4 Å². The van der Waals surface area contributed by atoms with Gasteiger partial charge in [-0.05, 0) is 25.0 Å². The van der Waals surface area contributed by atoms with Gasteiger partial charge in [0, 0.05) is 38.3 Å². The fourth-order valence-corrected chi connectivity index (χ4v) is 2.09. The van der Waals surface area contributed by atoms with Crippen LogP contribution >= 0.6 is 0 Å². The first-order valence-electron chi connectivity index (χ1n) is 5.89. The molecule has 1 aromatic carbocycles. The van der Waals surface area contributed by atoms with E-state index in [0.29, 0.717) is 5.75 Å². The second-order valence-electron chi connectivity index (χ2n) is 4.54. The van der Waals surface area contributed by atoms with Gasteiger partial charge >= 0.3 is 0 Å². The zero-order chi connectivity index (χ0) is 11.5. The summed E-state index contributed by atoms with van der Waals surface area (Å²) in [6, 6.07) is 4.13. The molecule has 0 bridgehead atoms. The van der Waals surface area contributed by atoms with Crippen molar-refractivity contribution in [2.75, 3.05) is 26.2 Å². The van der Waals surface area contributed by atoms with Gasteiger partial charge in [-0.2, -0.15) is 0 Å². The molecule has 1 aliphatic heterocycles. The standard InChI is InChI=1S/C13H20N2O/c1-10-3-4-12(13(16)11(10)2)9-15-7-5-14-6-8-15/h3-4,14,16H,5-9H2,1-2H3. The Morgan fingerprint density at radius 2 is 1.94 bits per heavy atom. The number of rotatable bonds is 2. The van der Waals surface area contributed by atoms with Crippen LogP contribution in [-0.2, 0) is 6.54 Å². The second-order valence-corrected chi connectivity index (χ2v) is 4.54. The lowest BCUT2D eigenvalue weighted by atomic mass is 10.0. The van der Waals surface area contributed by atoms with Crippen LogP contribution in [0.4, 0.5) is 0 Å². The first-order valence-corrected chi connectivity index (χ1v) is 5.89. The third-order valence-corrected chi connectivity index (χ3v) is 3.39. The van der Waals surface area contributed by atoms with Gasteiger partial charge in [0.2, 0.25) is 0 Å². The summed E-state index contributed by atoms with van der Waals surface area (Å²) in [4.78, 5) is 2.38. The van der Waals surface area contributed by atoms with E-state index in [1.54, 1.807) is 0 Å². The zero-order valence-electron chi connectivity index (χ0n) is 10.1. The highest BCUT2D eigenvalue weighted by atomic mass is 16.3. The molecular formula is C13H20N2O.